The summed E-state index contributed by atoms with van der Waals surface area (Å²) in [5.74, 6) is 0.132. The summed E-state index contributed by atoms with van der Waals surface area (Å²) in [5, 5.41) is 22.3. The molecule has 0 bridgehead atoms. The predicted molar refractivity (Wildman–Crippen MR) is 52.1 cm³/mol. The molecule has 0 heterocycles. The topological polar surface area (TPSA) is 46.1 Å². The Hall–Kier alpha value is 0.676. The van der Waals surface area contributed by atoms with Gasteiger partial charge in [-0.15, -0.1) is 0 Å². The molecule has 0 amide bonds. The van der Waals surface area contributed by atoms with Gasteiger partial charge in [-0.05, 0) is 13.0 Å². The summed E-state index contributed by atoms with van der Waals surface area (Å²) in [6.45, 7) is 8.84. The maximum absolute atomic E-state index is 11.2. The molecule has 0 radical (unpaired) electrons. The van der Waals surface area contributed by atoms with Gasteiger partial charge in [-0.25, -0.2) is 0 Å². The van der Waals surface area contributed by atoms with E-state index in [0.29, 0.717) is 0 Å². The number of rotatable bonds is 4. The summed E-state index contributed by atoms with van der Waals surface area (Å²) in [5.41, 5.74) is 0. The number of hydroxylamine groups is 4. The largest absolute Gasteiger partial charge is 2.00 e. The normalized spacial score (nSPS) is 12.8. The van der Waals surface area contributed by atoms with Crippen molar-refractivity contribution in [3.8, 4) is 0 Å². The molecule has 3 nitrogen and oxygen atoms in total. The van der Waals surface area contributed by atoms with Gasteiger partial charge >= 0.3 is 23.1 Å². The number of hydrogen-bond donors (Lipinski definition) is 0. The molecule has 0 aliphatic rings. The minimum absolute atomic E-state index is 0. The molecule has 0 fully saturated rings. The molecule has 1 atom stereocenters. The quantitative estimate of drug-likeness (QED) is 0.253. The van der Waals surface area contributed by atoms with Gasteiger partial charge < -0.3 is 27.6 Å². The van der Waals surface area contributed by atoms with Crippen LogP contribution in [-0.4, -0.2) is 40.4 Å². The summed E-state index contributed by atoms with van der Waals surface area (Å²) in [4.78, 5) is -1.46. The summed E-state index contributed by atoms with van der Waals surface area (Å²) in [6.07, 6.45) is 1.41. The monoisotopic (exact) mass is 217 g/mol. The standard InChI is InChI=1S/C8H16NO2.ClH.Mg/c1-5-8(4)9(10,11)6-7(2)3;;/h5,7-8H,1,6H2,2-4H3;1H;/q-1;;+2/p-1. The number of quaternary nitrogens is 1. The van der Waals surface area contributed by atoms with Crippen LogP contribution < -0.4 is 12.4 Å². The van der Waals surface area contributed by atoms with Crippen molar-refractivity contribution in [2.24, 2.45) is 5.92 Å². The second-order valence-electron chi connectivity index (χ2n) is 3.28. The Morgan fingerprint density at radius 2 is 1.69 bits per heavy atom. The summed E-state index contributed by atoms with van der Waals surface area (Å²) < 4.78 is 0. The van der Waals surface area contributed by atoms with E-state index in [2.05, 4.69) is 6.58 Å². The van der Waals surface area contributed by atoms with Gasteiger partial charge in [0.1, 0.15) is 6.04 Å². The second-order valence-corrected chi connectivity index (χ2v) is 3.28. The molecule has 0 aromatic heterocycles. The van der Waals surface area contributed by atoms with Gasteiger partial charge in [0.2, 0.25) is 0 Å². The smallest absolute Gasteiger partial charge is 1.00 e. The van der Waals surface area contributed by atoms with Crippen LogP contribution in [0.2, 0.25) is 0 Å². The summed E-state index contributed by atoms with van der Waals surface area (Å²) in [6, 6.07) is -0.558. The Labute approximate surface area is 102 Å². The molecule has 0 saturated heterocycles. The maximum atomic E-state index is 11.2. The van der Waals surface area contributed by atoms with E-state index in [4.69, 9.17) is 0 Å². The van der Waals surface area contributed by atoms with Crippen LogP contribution in [0.3, 0.4) is 0 Å². The molecule has 0 aliphatic carbocycles. The summed E-state index contributed by atoms with van der Waals surface area (Å²) >= 11 is 0. The number of hydrogen-bond acceptors (Lipinski definition) is 2. The van der Waals surface area contributed by atoms with E-state index in [-0.39, 0.29) is 47.9 Å². The Kier molecular flexibility index (Phi) is 11.9. The molecule has 0 spiro atoms. The van der Waals surface area contributed by atoms with Gasteiger partial charge in [-0.3, -0.25) is 0 Å². The van der Waals surface area contributed by atoms with E-state index in [1.54, 1.807) is 6.92 Å². The fraction of sp³-hybridized carbons (Fsp3) is 0.750. The molecule has 0 N–H and O–H groups in total. The summed E-state index contributed by atoms with van der Waals surface area (Å²) in [7, 11) is 0. The van der Waals surface area contributed by atoms with Crippen LogP contribution in [-0.2, 0) is 0 Å². The van der Waals surface area contributed by atoms with E-state index < -0.39 is 10.9 Å². The van der Waals surface area contributed by atoms with Crippen LogP contribution in [0, 0.1) is 16.3 Å². The molecular formula is C8H16ClMgNO2. The molecule has 0 aromatic carbocycles. The molecule has 13 heavy (non-hydrogen) atoms. The van der Waals surface area contributed by atoms with Gasteiger partial charge in [-0.2, -0.15) is 0 Å². The zero-order valence-corrected chi connectivity index (χ0v) is 10.7. The maximum Gasteiger partial charge on any atom is 2.00 e. The molecule has 74 valence electrons. The first-order valence-corrected chi connectivity index (χ1v) is 3.82. The third-order valence-electron chi connectivity index (χ3n) is 1.58. The van der Waals surface area contributed by atoms with Crippen molar-refractivity contribution in [3.63, 3.8) is 0 Å². The van der Waals surface area contributed by atoms with E-state index in [0.717, 1.165) is 0 Å². The average Bonchev–Trinajstić information content (AvgIpc) is 1.83. The zero-order chi connectivity index (χ0) is 9.07. The fourth-order valence-corrected chi connectivity index (χ4v) is 0.836. The molecule has 5 heteroatoms. The molecular weight excluding hydrogens is 202 g/mol. The van der Waals surface area contributed by atoms with Crippen LogP contribution in [0.25, 0.3) is 0 Å². The first-order chi connectivity index (χ1) is 4.90. The minimum Gasteiger partial charge on any atom is -1.00 e. The van der Waals surface area contributed by atoms with Crippen LogP contribution in [0.1, 0.15) is 20.8 Å². The SMILES string of the molecule is C=CC(C)[N+]([O-])([O-])CC(C)C.[Cl-].[Mg+2]. The van der Waals surface area contributed by atoms with Crippen LogP contribution >= 0.6 is 0 Å². The van der Waals surface area contributed by atoms with Gasteiger partial charge in [0.25, 0.3) is 0 Å². The van der Waals surface area contributed by atoms with Gasteiger partial charge in [-0.1, -0.05) is 20.4 Å². The Morgan fingerprint density at radius 3 is 1.92 bits per heavy atom. The van der Waals surface area contributed by atoms with Gasteiger partial charge in [0.15, 0.2) is 0 Å². The molecule has 0 saturated carbocycles. The van der Waals surface area contributed by atoms with Crippen LogP contribution in [0.5, 0.6) is 0 Å². The Morgan fingerprint density at radius 1 is 1.31 bits per heavy atom. The van der Waals surface area contributed by atoms with Crippen molar-refractivity contribution >= 4 is 23.1 Å². The third kappa shape index (κ3) is 7.72. The third-order valence-corrected chi connectivity index (χ3v) is 1.58. The molecule has 0 aliphatic heterocycles. The number of halogens is 1. The first-order valence-electron chi connectivity index (χ1n) is 3.82. The Balaban J connectivity index is -0.000000500. The molecule has 0 rings (SSSR count). The van der Waals surface area contributed by atoms with E-state index >= 15 is 0 Å². The second kappa shape index (κ2) is 8.02. The number of nitrogens with zero attached hydrogens (tertiary/aromatic N) is 1. The van der Waals surface area contributed by atoms with E-state index in [9.17, 15) is 10.4 Å². The van der Waals surface area contributed by atoms with E-state index in [1.165, 1.54) is 6.08 Å². The minimum atomic E-state index is -1.46. The average molecular weight is 218 g/mol. The van der Waals surface area contributed by atoms with Crippen molar-refractivity contribution in [2.75, 3.05) is 6.54 Å². The van der Waals surface area contributed by atoms with Crippen molar-refractivity contribution in [1.29, 1.82) is 0 Å². The van der Waals surface area contributed by atoms with Crippen molar-refractivity contribution in [3.05, 3.63) is 23.1 Å². The zero-order valence-electron chi connectivity index (χ0n) is 8.50. The Bertz CT molecular complexity index is 142. The van der Waals surface area contributed by atoms with Crippen LogP contribution in [0.15, 0.2) is 12.7 Å². The van der Waals surface area contributed by atoms with Crippen molar-refractivity contribution < 1.29 is 17.2 Å². The van der Waals surface area contributed by atoms with Crippen molar-refractivity contribution in [2.45, 2.75) is 26.8 Å². The molecule has 0 aromatic rings. The van der Waals surface area contributed by atoms with Gasteiger partial charge in [0.05, 0.1) is 6.54 Å². The first kappa shape index (κ1) is 19.3. The van der Waals surface area contributed by atoms with E-state index in [1.807, 2.05) is 13.8 Å². The fourth-order valence-electron chi connectivity index (χ4n) is 0.836. The van der Waals surface area contributed by atoms with Crippen molar-refractivity contribution in [1.82, 2.24) is 0 Å². The molecule has 1 unspecified atom stereocenters. The predicted octanol–water partition coefficient (Wildman–Crippen LogP) is -1.35. The van der Waals surface area contributed by atoms with Gasteiger partial charge in [0, 0.05) is 5.92 Å². The van der Waals surface area contributed by atoms with Crippen LogP contribution in [0.4, 0.5) is 0 Å².